The molecular formula is C64H47N. The zero-order valence-corrected chi connectivity index (χ0v) is 36.8. The molecule has 2 unspecified atom stereocenters. The lowest BCUT2D eigenvalue weighted by Gasteiger charge is -2.50. The van der Waals surface area contributed by atoms with Crippen LogP contribution in [0.1, 0.15) is 45.1 Å². The number of fused-ring (bicyclic) bond motifs is 9. The number of nitrogens with zero attached hydrogens (tertiary/aromatic N) is 1. The second-order valence-electron chi connectivity index (χ2n) is 19.4. The van der Waals surface area contributed by atoms with Gasteiger partial charge in [-0.05, 0) is 159 Å². The van der Waals surface area contributed by atoms with Gasteiger partial charge in [0.15, 0.2) is 0 Å². The minimum Gasteiger partial charge on any atom is -0.334 e. The molecule has 12 aromatic carbocycles. The van der Waals surface area contributed by atoms with E-state index in [0.717, 1.165) is 0 Å². The number of hydrogen-bond acceptors (Lipinski definition) is 1. The van der Waals surface area contributed by atoms with Crippen LogP contribution in [-0.2, 0) is 5.41 Å². The van der Waals surface area contributed by atoms with Crippen LogP contribution in [-0.4, -0.2) is 5.54 Å². The molecule has 0 saturated heterocycles. The van der Waals surface area contributed by atoms with Crippen LogP contribution in [0.4, 0.5) is 11.4 Å². The van der Waals surface area contributed by atoms with Gasteiger partial charge < -0.3 is 4.90 Å². The van der Waals surface area contributed by atoms with E-state index in [0.29, 0.717) is 0 Å². The molecule has 0 radical (unpaired) electrons. The lowest BCUT2D eigenvalue weighted by atomic mass is 9.61. The van der Waals surface area contributed by atoms with Gasteiger partial charge in [-0.25, -0.2) is 0 Å². The zero-order valence-electron chi connectivity index (χ0n) is 36.8. The molecule has 2 aliphatic rings. The maximum absolute atomic E-state index is 2.67. The fraction of sp³-hybridized carbons (Fsp3) is 0.125. The van der Waals surface area contributed by atoms with Gasteiger partial charge in [-0.15, -0.1) is 0 Å². The summed E-state index contributed by atoms with van der Waals surface area (Å²) in [5.41, 5.74) is 14.5. The van der Waals surface area contributed by atoms with Gasteiger partial charge in [-0.2, -0.15) is 0 Å². The third-order valence-corrected chi connectivity index (χ3v) is 16.3. The van der Waals surface area contributed by atoms with Gasteiger partial charge in [0, 0.05) is 16.8 Å². The molecule has 1 saturated carbocycles. The summed E-state index contributed by atoms with van der Waals surface area (Å²) in [6, 6.07) is 75.7. The molecule has 1 aliphatic carbocycles. The van der Waals surface area contributed by atoms with Crippen molar-refractivity contribution in [1.29, 1.82) is 0 Å². The fourth-order valence-corrected chi connectivity index (χ4v) is 13.2. The van der Waals surface area contributed by atoms with Crippen molar-refractivity contribution in [2.24, 2.45) is 0 Å². The minimum absolute atomic E-state index is 0.0369. The third kappa shape index (κ3) is 4.93. The van der Waals surface area contributed by atoms with E-state index >= 15 is 0 Å². The largest absolute Gasteiger partial charge is 0.334 e. The van der Waals surface area contributed by atoms with Crippen LogP contribution in [0.25, 0.3) is 109 Å². The molecule has 1 nitrogen and oxygen atoms in total. The number of anilines is 2. The summed E-state index contributed by atoms with van der Waals surface area (Å²) in [5.74, 6) is 0. The second kappa shape index (κ2) is 13.5. The Hall–Kier alpha value is -7.48. The van der Waals surface area contributed by atoms with E-state index in [2.05, 4.69) is 219 Å². The highest BCUT2D eigenvalue weighted by molar-refractivity contribution is 6.46. The van der Waals surface area contributed by atoms with E-state index in [1.807, 2.05) is 0 Å². The summed E-state index contributed by atoms with van der Waals surface area (Å²) < 4.78 is 0. The number of rotatable bonds is 5. The first-order valence-corrected chi connectivity index (χ1v) is 23.6. The molecule has 12 aromatic rings. The lowest BCUT2D eigenvalue weighted by molar-refractivity contribution is 0.195. The average Bonchev–Trinajstić information content (AvgIpc) is 3.95. The maximum Gasteiger partial charge on any atom is 0.0517 e. The van der Waals surface area contributed by atoms with Crippen LogP contribution in [0.2, 0.25) is 0 Å². The van der Waals surface area contributed by atoms with Gasteiger partial charge in [-0.1, -0.05) is 196 Å². The van der Waals surface area contributed by atoms with Crippen molar-refractivity contribution in [3.63, 3.8) is 0 Å². The number of para-hydroxylation sites is 1. The van der Waals surface area contributed by atoms with Crippen LogP contribution < -0.4 is 4.90 Å². The molecule has 0 spiro atoms. The van der Waals surface area contributed by atoms with Crippen LogP contribution in [0, 0.1) is 0 Å². The quantitative estimate of drug-likeness (QED) is 0.167. The normalized spacial score (nSPS) is 18.5. The molecule has 1 heterocycles. The topological polar surface area (TPSA) is 3.24 Å². The molecule has 65 heavy (non-hydrogen) atoms. The Bertz CT molecular complexity index is 3700. The number of hydrogen-bond donors (Lipinski definition) is 0. The van der Waals surface area contributed by atoms with Gasteiger partial charge >= 0.3 is 0 Å². The van der Waals surface area contributed by atoms with Gasteiger partial charge in [0.2, 0.25) is 0 Å². The van der Waals surface area contributed by atoms with Crippen molar-refractivity contribution < 1.29 is 0 Å². The predicted molar refractivity (Wildman–Crippen MR) is 278 cm³/mol. The summed E-state index contributed by atoms with van der Waals surface area (Å²) in [6.45, 7) is 5.05. The first-order valence-electron chi connectivity index (χ1n) is 23.6. The molecule has 0 N–H and O–H groups in total. The van der Waals surface area contributed by atoms with E-state index in [1.165, 1.54) is 152 Å². The molecule has 1 heteroatoms. The van der Waals surface area contributed by atoms with E-state index < -0.39 is 0 Å². The van der Waals surface area contributed by atoms with Crippen molar-refractivity contribution in [2.45, 2.75) is 50.5 Å². The summed E-state index contributed by atoms with van der Waals surface area (Å²) in [6.07, 6.45) is 4.96. The Morgan fingerprint density at radius 1 is 0.369 bits per heavy atom. The predicted octanol–water partition coefficient (Wildman–Crippen LogP) is 17.9. The monoisotopic (exact) mass is 829 g/mol. The SMILES string of the molecule is CC12CCCCC1(C)N(c1ccccc1)c1ccc(-c3ccc(-c4ccc5c6c(-c7ccccc7)c7c8cccc9cccc(c7c(-c7ccccc7)c6c6cccc4c65)c98)cc3)cc12. The Balaban J connectivity index is 0.978. The average molecular weight is 830 g/mol. The number of benzene rings is 10. The highest BCUT2D eigenvalue weighted by Crippen LogP contribution is 2.61. The molecule has 2 atom stereocenters. The lowest BCUT2D eigenvalue weighted by Crippen LogP contribution is -2.54. The molecule has 308 valence electrons. The summed E-state index contributed by atoms with van der Waals surface area (Å²) in [4.78, 5) is 2.67. The Labute approximate surface area is 379 Å². The van der Waals surface area contributed by atoms with Crippen molar-refractivity contribution in [2.75, 3.05) is 4.90 Å². The highest BCUT2D eigenvalue weighted by Gasteiger charge is 2.57. The Morgan fingerprint density at radius 3 is 1.51 bits per heavy atom. The van der Waals surface area contributed by atoms with Crippen LogP contribution in [0.3, 0.4) is 0 Å². The Kier molecular flexibility index (Phi) is 7.68. The molecule has 1 fully saturated rings. The fourth-order valence-electron chi connectivity index (χ4n) is 13.2. The van der Waals surface area contributed by atoms with Crippen LogP contribution in [0.15, 0.2) is 200 Å². The van der Waals surface area contributed by atoms with Crippen LogP contribution in [0.5, 0.6) is 0 Å². The van der Waals surface area contributed by atoms with E-state index in [-0.39, 0.29) is 11.0 Å². The molecule has 0 bridgehead atoms. The minimum atomic E-state index is 0.0369. The van der Waals surface area contributed by atoms with Gasteiger partial charge in [0.05, 0.1) is 5.54 Å². The molecule has 1 aliphatic heterocycles. The molecular weight excluding hydrogens is 783 g/mol. The van der Waals surface area contributed by atoms with Crippen molar-refractivity contribution in [3.05, 3.63) is 206 Å². The van der Waals surface area contributed by atoms with Crippen LogP contribution >= 0.6 is 0 Å². The van der Waals surface area contributed by atoms with Gasteiger partial charge in [0.1, 0.15) is 0 Å². The third-order valence-electron chi connectivity index (χ3n) is 16.3. The first kappa shape index (κ1) is 36.9. The molecule has 0 aromatic heterocycles. The summed E-state index contributed by atoms with van der Waals surface area (Å²) in [7, 11) is 0. The Morgan fingerprint density at radius 2 is 0.877 bits per heavy atom. The maximum atomic E-state index is 2.67. The second-order valence-corrected chi connectivity index (χ2v) is 19.4. The first-order chi connectivity index (χ1) is 32.0. The van der Waals surface area contributed by atoms with Crippen molar-refractivity contribution >= 4 is 76.0 Å². The summed E-state index contributed by atoms with van der Waals surface area (Å²) >= 11 is 0. The molecule has 14 rings (SSSR count). The van der Waals surface area contributed by atoms with E-state index in [1.54, 1.807) is 0 Å². The zero-order chi connectivity index (χ0) is 43.0. The standard InChI is InChI=1S/C64H47N/c1-63-37-12-13-38-64(63,2)65(46-23-10-5-11-24-46)54-36-33-45(39-53(54)63)40-29-31-41(32-30-40)47-34-35-52-58-48(47)25-16-28-51(58)61-56(43-17-6-3-7-18-43)59-49-26-14-21-42-22-15-27-50(55(42)49)60(59)57(62(52)61)44-19-8-4-9-20-44/h3-11,14-36,39H,12-13,37-38H2,1-2H3. The summed E-state index contributed by atoms with van der Waals surface area (Å²) in [5, 5.41) is 16.0. The van der Waals surface area contributed by atoms with Crippen molar-refractivity contribution in [3.8, 4) is 44.5 Å². The van der Waals surface area contributed by atoms with E-state index in [9.17, 15) is 0 Å². The van der Waals surface area contributed by atoms with Crippen molar-refractivity contribution in [1.82, 2.24) is 0 Å². The van der Waals surface area contributed by atoms with E-state index in [4.69, 9.17) is 0 Å². The highest BCUT2D eigenvalue weighted by atomic mass is 15.3. The molecule has 0 amide bonds. The smallest absolute Gasteiger partial charge is 0.0517 e. The van der Waals surface area contributed by atoms with Gasteiger partial charge in [0.25, 0.3) is 0 Å². The van der Waals surface area contributed by atoms with Gasteiger partial charge in [-0.3, -0.25) is 0 Å².